The van der Waals surface area contributed by atoms with Gasteiger partial charge in [-0.05, 0) is 26.0 Å². The lowest BCUT2D eigenvalue weighted by Gasteiger charge is -2.33. The third kappa shape index (κ3) is 3.26. The molecule has 1 aliphatic heterocycles. The summed E-state index contributed by atoms with van der Waals surface area (Å²) in [4.78, 5) is 38.4. The van der Waals surface area contributed by atoms with Gasteiger partial charge in [0.25, 0.3) is 0 Å². The Labute approximate surface area is 135 Å². The quantitative estimate of drug-likeness (QED) is 0.857. The lowest BCUT2D eigenvalue weighted by atomic mass is 9.88. The Morgan fingerprint density at radius 3 is 2.52 bits per heavy atom. The predicted octanol–water partition coefficient (Wildman–Crippen LogP) is 1.62. The molecule has 1 aromatic rings. The second-order valence-corrected chi connectivity index (χ2v) is 5.21. The Bertz CT molecular complexity index is 652. The SMILES string of the molecule is CCNC(=O)[C@@H]1CC(=O)N(c2ccccc2)C(C)=C1C(=O)OC. The molecule has 1 heterocycles. The maximum Gasteiger partial charge on any atom is 0.336 e. The number of para-hydroxylation sites is 1. The van der Waals surface area contributed by atoms with Crippen LogP contribution >= 0.6 is 0 Å². The van der Waals surface area contributed by atoms with Crippen molar-refractivity contribution >= 4 is 23.5 Å². The maximum atomic E-state index is 12.5. The van der Waals surface area contributed by atoms with Crippen molar-refractivity contribution in [3.63, 3.8) is 0 Å². The number of esters is 1. The van der Waals surface area contributed by atoms with Crippen molar-refractivity contribution in [2.24, 2.45) is 5.92 Å². The van der Waals surface area contributed by atoms with Gasteiger partial charge < -0.3 is 10.1 Å². The zero-order valence-electron chi connectivity index (χ0n) is 13.5. The standard InChI is InChI=1S/C17H20N2O4/c1-4-18-16(21)13-10-14(20)19(12-8-6-5-7-9-12)11(2)15(13)17(22)23-3/h5-9,13H,4,10H2,1-3H3,(H,18,21)/t13-/m1/s1. The van der Waals surface area contributed by atoms with E-state index < -0.39 is 11.9 Å². The monoisotopic (exact) mass is 316 g/mol. The van der Waals surface area contributed by atoms with E-state index in [2.05, 4.69) is 5.32 Å². The van der Waals surface area contributed by atoms with Crippen molar-refractivity contribution in [2.75, 3.05) is 18.6 Å². The van der Waals surface area contributed by atoms with Gasteiger partial charge in [0.15, 0.2) is 0 Å². The van der Waals surface area contributed by atoms with Gasteiger partial charge in [0, 0.05) is 24.4 Å². The normalized spacial score (nSPS) is 18.0. The molecule has 1 atom stereocenters. The highest BCUT2D eigenvalue weighted by molar-refractivity contribution is 6.08. The summed E-state index contributed by atoms with van der Waals surface area (Å²) < 4.78 is 4.82. The molecule has 1 N–H and O–H groups in total. The van der Waals surface area contributed by atoms with Crippen LogP contribution in [0.2, 0.25) is 0 Å². The number of allylic oxidation sites excluding steroid dienone is 1. The number of benzene rings is 1. The van der Waals surface area contributed by atoms with Gasteiger partial charge in [-0.15, -0.1) is 0 Å². The van der Waals surface area contributed by atoms with Gasteiger partial charge in [0.05, 0.1) is 18.6 Å². The molecule has 23 heavy (non-hydrogen) atoms. The Hall–Kier alpha value is -2.63. The van der Waals surface area contributed by atoms with E-state index in [-0.39, 0.29) is 23.8 Å². The molecule has 0 aliphatic carbocycles. The Balaban J connectivity index is 2.52. The largest absolute Gasteiger partial charge is 0.466 e. The number of hydrogen-bond donors (Lipinski definition) is 1. The van der Waals surface area contributed by atoms with Crippen LogP contribution < -0.4 is 10.2 Å². The number of amides is 2. The highest BCUT2D eigenvalue weighted by atomic mass is 16.5. The van der Waals surface area contributed by atoms with Crippen LogP contribution in [0.15, 0.2) is 41.6 Å². The second kappa shape index (κ2) is 7.09. The van der Waals surface area contributed by atoms with Crippen molar-refractivity contribution in [3.8, 4) is 0 Å². The first-order valence-corrected chi connectivity index (χ1v) is 7.46. The molecule has 0 aromatic heterocycles. The molecular formula is C17H20N2O4. The number of anilines is 1. The number of carbonyl (C=O) groups is 3. The molecule has 1 aliphatic rings. The summed E-state index contributed by atoms with van der Waals surface area (Å²) in [7, 11) is 1.26. The van der Waals surface area contributed by atoms with Crippen molar-refractivity contribution < 1.29 is 19.1 Å². The highest BCUT2D eigenvalue weighted by Crippen LogP contribution is 2.33. The second-order valence-electron chi connectivity index (χ2n) is 5.21. The summed E-state index contributed by atoms with van der Waals surface area (Å²) in [6.07, 6.45) is -0.0670. The fraction of sp³-hybridized carbons (Fsp3) is 0.353. The molecule has 0 saturated heterocycles. The molecule has 0 fully saturated rings. The number of hydrogen-bond acceptors (Lipinski definition) is 4. The minimum atomic E-state index is -0.824. The van der Waals surface area contributed by atoms with Crippen LogP contribution in [0.1, 0.15) is 20.3 Å². The lowest BCUT2D eigenvalue weighted by molar-refractivity contribution is -0.139. The summed E-state index contributed by atoms with van der Waals surface area (Å²) >= 11 is 0. The minimum Gasteiger partial charge on any atom is -0.466 e. The summed E-state index contributed by atoms with van der Waals surface area (Å²) in [5.74, 6) is -1.98. The number of nitrogens with one attached hydrogen (secondary N) is 1. The van der Waals surface area contributed by atoms with E-state index in [4.69, 9.17) is 4.74 Å². The molecule has 0 spiro atoms. The summed E-state index contributed by atoms with van der Waals surface area (Å²) in [6, 6.07) is 9.02. The molecule has 0 radical (unpaired) electrons. The molecule has 0 saturated carbocycles. The van der Waals surface area contributed by atoms with Gasteiger partial charge in [0.2, 0.25) is 11.8 Å². The average molecular weight is 316 g/mol. The summed E-state index contributed by atoms with van der Waals surface area (Å²) in [6.45, 7) is 3.87. The van der Waals surface area contributed by atoms with Crippen molar-refractivity contribution in [1.82, 2.24) is 5.32 Å². The highest BCUT2D eigenvalue weighted by Gasteiger charge is 2.40. The topological polar surface area (TPSA) is 75.7 Å². The third-order valence-corrected chi connectivity index (χ3v) is 3.79. The minimum absolute atomic E-state index is 0.0670. The number of methoxy groups -OCH3 is 1. The van der Waals surface area contributed by atoms with Crippen molar-refractivity contribution in [3.05, 3.63) is 41.6 Å². The van der Waals surface area contributed by atoms with E-state index in [1.54, 1.807) is 26.0 Å². The van der Waals surface area contributed by atoms with Crippen LogP contribution in [0.25, 0.3) is 0 Å². The van der Waals surface area contributed by atoms with Gasteiger partial charge in [-0.1, -0.05) is 18.2 Å². The Morgan fingerprint density at radius 2 is 1.96 bits per heavy atom. The van der Waals surface area contributed by atoms with Crippen LogP contribution in [0.4, 0.5) is 5.69 Å². The molecule has 122 valence electrons. The summed E-state index contributed by atoms with van der Waals surface area (Å²) in [5.41, 5.74) is 1.31. The molecule has 0 unspecified atom stereocenters. The first-order valence-electron chi connectivity index (χ1n) is 7.46. The molecule has 6 nitrogen and oxygen atoms in total. The fourth-order valence-electron chi connectivity index (χ4n) is 2.76. The number of rotatable bonds is 4. The summed E-state index contributed by atoms with van der Waals surface area (Å²) in [5, 5.41) is 2.67. The van der Waals surface area contributed by atoms with Gasteiger partial charge in [-0.3, -0.25) is 14.5 Å². The smallest absolute Gasteiger partial charge is 0.336 e. The van der Waals surface area contributed by atoms with Crippen LogP contribution in [0, 0.1) is 5.92 Å². The first kappa shape index (κ1) is 16.7. The molecule has 2 rings (SSSR count). The van der Waals surface area contributed by atoms with Crippen molar-refractivity contribution in [2.45, 2.75) is 20.3 Å². The van der Waals surface area contributed by atoms with Gasteiger partial charge in [-0.25, -0.2) is 4.79 Å². The van der Waals surface area contributed by atoms with Gasteiger partial charge >= 0.3 is 5.97 Å². The predicted molar refractivity (Wildman–Crippen MR) is 85.4 cm³/mol. The van der Waals surface area contributed by atoms with Gasteiger partial charge in [-0.2, -0.15) is 0 Å². The average Bonchev–Trinajstić information content (AvgIpc) is 2.55. The van der Waals surface area contributed by atoms with Crippen LogP contribution in [0.3, 0.4) is 0 Å². The van der Waals surface area contributed by atoms with E-state index in [1.807, 2.05) is 18.2 Å². The zero-order valence-corrected chi connectivity index (χ0v) is 13.5. The third-order valence-electron chi connectivity index (χ3n) is 3.79. The van der Waals surface area contributed by atoms with E-state index in [1.165, 1.54) is 12.0 Å². The molecule has 0 bridgehead atoms. The van der Waals surface area contributed by atoms with Crippen molar-refractivity contribution in [1.29, 1.82) is 0 Å². The number of carbonyl (C=O) groups excluding carboxylic acids is 3. The molecular weight excluding hydrogens is 296 g/mol. The van der Waals surface area contributed by atoms with E-state index in [0.717, 1.165) is 0 Å². The first-order chi connectivity index (χ1) is 11.0. The zero-order chi connectivity index (χ0) is 17.0. The molecule has 6 heteroatoms. The van der Waals surface area contributed by atoms with Crippen LogP contribution in [-0.2, 0) is 19.1 Å². The van der Waals surface area contributed by atoms with Crippen LogP contribution in [-0.4, -0.2) is 31.4 Å². The Kier molecular flexibility index (Phi) is 5.16. The molecule has 2 amide bonds. The Morgan fingerprint density at radius 1 is 1.30 bits per heavy atom. The fourth-order valence-corrected chi connectivity index (χ4v) is 2.76. The number of nitrogens with zero attached hydrogens (tertiary/aromatic N) is 1. The lowest BCUT2D eigenvalue weighted by Crippen LogP contribution is -2.44. The number of ether oxygens (including phenoxy) is 1. The van der Waals surface area contributed by atoms with E-state index in [9.17, 15) is 14.4 Å². The van der Waals surface area contributed by atoms with E-state index in [0.29, 0.717) is 17.9 Å². The molecule has 1 aromatic carbocycles. The van der Waals surface area contributed by atoms with Crippen LogP contribution in [0.5, 0.6) is 0 Å². The van der Waals surface area contributed by atoms with Gasteiger partial charge in [0.1, 0.15) is 0 Å². The maximum absolute atomic E-state index is 12.5. The van der Waals surface area contributed by atoms with E-state index >= 15 is 0 Å².